The third kappa shape index (κ3) is 2.72. The molecule has 0 spiro atoms. The number of methoxy groups -OCH3 is 1. The maximum Gasteiger partial charge on any atom is 0.357 e. The number of amides is 1. The number of benzene rings is 1. The van der Waals surface area contributed by atoms with Crippen LogP contribution in [0.3, 0.4) is 0 Å². The van der Waals surface area contributed by atoms with E-state index in [1.807, 2.05) is 6.07 Å². The SMILES string of the molecule is COC(=O)c1c(N)c(C#N)cn1-c1ccc(N2N=C(C)CC2=O)cc1. The molecule has 126 valence electrons. The fraction of sp³-hybridized carbons (Fsp3) is 0.176. The van der Waals surface area contributed by atoms with E-state index in [0.29, 0.717) is 17.8 Å². The summed E-state index contributed by atoms with van der Waals surface area (Å²) in [6.07, 6.45) is 1.77. The van der Waals surface area contributed by atoms with Crippen molar-refractivity contribution in [1.82, 2.24) is 4.57 Å². The smallest absolute Gasteiger partial charge is 0.357 e. The zero-order chi connectivity index (χ0) is 18.1. The van der Waals surface area contributed by atoms with Gasteiger partial charge in [0.1, 0.15) is 6.07 Å². The number of aromatic nitrogens is 1. The highest BCUT2D eigenvalue weighted by molar-refractivity contribution is 6.12. The second-order valence-electron chi connectivity index (χ2n) is 5.51. The van der Waals surface area contributed by atoms with Crippen molar-refractivity contribution < 1.29 is 14.3 Å². The van der Waals surface area contributed by atoms with Crippen molar-refractivity contribution in [2.75, 3.05) is 17.9 Å². The van der Waals surface area contributed by atoms with Gasteiger partial charge in [0.2, 0.25) is 0 Å². The monoisotopic (exact) mass is 337 g/mol. The summed E-state index contributed by atoms with van der Waals surface area (Å²) in [7, 11) is 1.24. The van der Waals surface area contributed by atoms with Crippen LogP contribution in [0, 0.1) is 11.3 Å². The number of hydrogen-bond acceptors (Lipinski definition) is 6. The van der Waals surface area contributed by atoms with Crippen molar-refractivity contribution in [1.29, 1.82) is 5.26 Å². The van der Waals surface area contributed by atoms with E-state index < -0.39 is 5.97 Å². The van der Waals surface area contributed by atoms with Crippen molar-refractivity contribution in [2.45, 2.75) is 13.3 Å². The maximum atomic E-state index is 12.0. The van der Waals surface area contributed by atoms with Crippen LogP contribution in [0.15, 0.2) is 35.6 Å². The molecular formula is C17H15N5O3. The molecule has 0 atom stereocenters. The van der Waals surface area contributed by atoms with E-state index >= 15 is 0 Å². The molecule has 0 saturated carbocycles. The molecule has 1 aliphatic heterocycles. The quantitative estimate of drug-likeness (QED) is 0.858. The average molecular weight is 337 g/mol. The molecule has 0 radical (unpaired) electrons. The Bertz CT molecular complexity index is 934. The summed E-state index contributed by atoms with van der Waals surface area (Å²) < 4.78 is 6.24. The minimum Gasteiger partial charge on any atom is -0.464 e. The maximum absolute atomic E-state index is 12.0. The molecule has 8 nitrogen and oxygen atoms in total. The Morgan fingerprint density at radius 1 is 1.32 bits per heavy atom. The molecule has 0 unspecified atom stereocenters. The van der Waals surface area contributed by atoms with E-state index in [1.165, 1.54) is 22.9 Å². The lowest BCUT2D eigenvalue weighted by atomic mass is 10.2. The number of ether oxygens (including phenoxy) is 1. The van der Waals surface area contributed by atoms with Gasteiger partial charge in [-0.15, -0.1) is 0 Å². The molecule has 0 fully saturated rings. The number of nitriles is 1. The van der Waals surface area contributed by atoms with Gasteiger partial charge in [0.25, 0.3) is 5.91 Å². The van der Waals surface area contributed by atoms with Gasteiger partial charge < -0.3 is 15.0 Å². The van der Waals surface area contributed by atoms with Crippen LogP contribution in [0.25, 0.3) is 5.69 Å². The highest BCUT2D eigenvalue weighted by Gasteiger charge is 2.24. The summed E-state index contributed by atoms with van der Waals surface area (Å²) in [5.41, 5.74) is 8.17. The number of nitrogens with two attached hydrogens (primary N) is 1. The molecule has 2 aromatic rings. The van der Waals surface area contributed by atoms with Gasteiger partial charge in [-0.1, -0.05) is 0 Å². The van der Waals surface area contributed by atoms with E-state index in [9.17, 15) is 9.59 Å². The fourth-order valence-corrected chi connectivity index (χ4v) is 2.63. The molecule has 0 saturated heterocycles. The van der Waals surface area contributed by atoms with Crippen molar-refractivity contribution in [3.05, 3.63) is 41.7 Å². The van der Waals surface area contributed by atoms with Gasteiger partial charge in [-0.05, 0) is 31.2 Å². The molecule has 0 aliphatic carbocycles. The predicted molar refractivity (Wildman–Crippen MR) is 91.4 cm³/mol. The van der Waals surface area contributed by atoms with Gasteiger partial charge >= 0.3 is 5.97 Å². The highest BCUT2D eigenvalue weighted by atomic mass is 16.5. The largest absolute Gasteiger partial charge is 0.464 e. The Labute approximate surface area is 143 Å². The lowest BCUT2D eigenvalue weighted by molar-refractivity contribution is -0.116. The number of carbonyl (C=O) groups excluding carboxylic acids is 2. The predicted octanol–water partition coefficient (Wildman–Crippen LogP) is 1.83. The highest BCUT2D eigenvalue weighted by Crippen LogP contribution is 2.27. The summed E-state index contributed by atoms with van der Waals surface area (Å²) in [6, 6.07) is 8.78. The van der Waals surface area contributed by atoms with Gasteiger partial charge in [-0.3, -0.25) is 4.79 Å². The third-order valence-electron chi connectivity index (χ3n) is 3.83. The van der Waals surface area contributed by atoms with Crippen LogP contribution in [0.4, 0.5) is 11.4 Å². The number of nitrogens with zero attached hydrogens (tertiary/aromatic N) is 4. The number of hydrogen-bond donors (Lipinski definition) is 1. The Morgan fingerprint density at radius 3 is 2.48 bits per heavy atom. The van der Waals surface area contributed by atoms with Crippen LogP contribution in [-0.4, -0.2) is 29.3 Å². The standard InChI is InChI=1S/C17H15N5O3/c1-10-7-14(23)22(20-10)13-5-3-12(4-6-13)21-9-11(8-18)15(19)16(21)17(24)25-2/h3-6,9H,7,19H2,1-2H3. The molecule has 1 aromatic heterocycles. The van der Waals surface area contributed by atoms with Crippen LogP contribution < -0.4 is 10.7 Å². The Kier molecular flexibility index (Phi) is 3.99. The normalized spacial score (nSPS) is 13.6. The van der Waals surface area contributed by atoms with E-state index in [-0.39, 0.29) is 22.9 Å². The topological polar surface area (TPSA) is 114 Å². The second kappa shape index (κ2) is 6.13. The number of esters is 1. The van der Waals surface area contributed by atoms with Crippen LogP contribution in [0.1, 0.15) is 29.4 Å². The van der Waals surface area contributed by atoms with E-state index in [2.05, 4.69) is 5.10 Å². The molecule has 1 aliphatic rings. The van der Waals surface area contributed by atoms with Gasteiger partial charge in [-0.2, -0.15) is 10.4 Å². The van der Waals surface area contributed by atoms with Crippen LogP contribution in [0.5, 0.6) is 0 Å². The lowest BCUT2D eigenvalue weighted by Gasteiger charge is -2.13. The first-order chi connectivity index (χ1) is 12.0. The summed E-state index contributed by atoms with van der Waals surface area (Å²) in [5, 5.41) is 14.7. The first kappa shape index (κ1) is 16.3. The number of rotatable bonds is 3. The molecule has 3 rings (SSSR count). The second-order valence-corrected chi connectivity index (χ2v) is 5.51. The summed E-state index contributed by atoms with van der Waals surface area (Å²) in [6.45, 7) is 1.79. The third-order valence-corrected chi connectivity index (χ3v) is 3.83. The Morgan fingerprint density at radius 2 is 1.96 bits per heavy atom. The molecule has 2 heterocycles. The first-order valence-electron chi connectivity index (χ1n) is 7.43. The minimum absolute atomic E-state index is 0.0633. The van der Waals surface area contributed by atoms with E-state index in [1.54, 1.807) is 31.2 Å². The van der Waals surface area contributed by atoms with E-state index in [0.717, 1.165) is 5.71 Å². The Balaban J connectivity index is 2.02. The molecule has 8 heteroatoms. The zero-order valence-electron chi connectivity index (χ0n) is 13.7. The van der Waals surface area contributed by atoms with Gasteiger partial charge in [0.05, 0.1) is 30.5 Å². The number of nitrogen functional groups attached to an aromatic ring is 1. The summed E-state index contributed by atoms with van der Waals surface area (Å²) in [4.78, 5) is 23.9. The molecule has 2 N–H and O–H groups in total. The average Bonchev–Trinajstić information content (AvgIpc) is 3.13. The van der Waals surface area contributed by atoms with Crippen LogP contribution in [0.2, 0.25) is 0 Å². The van der Waals surface area contributed by atoms with Crippen molar-refractivity contribution >= 4 is 29.0 Å². The zero-order valence-corrected chi connectivity index (χ0v) is 13.7. The van der Waals surface area contributed by atoms with Crippen molar-refractivity contribution in [2.24, 2.45) is 5.10 Å². The molecule has 25 heavy (non-hydrogen) atoms. The molecule has 0 bridgehead atoms. The van der Waals surface area contributed by atoms with E-state index in [4.69, 9.17) is 15.7 Å². The summed E-state index contributed by atoms with van der Waals surface area (Å²) >= 11 is 0. The molecular weight excluding hydrogens is 322 g/mol. The van der Waals surface area contributed by atoms with Crippen molar-refractivity contribution in [3.8, 4) is 11.8 Å². The Hall–Kier alpha value is -3.60. The fourth-order valence-electron chi connectivity index (χ4n) is 2.63. The molecule has 1 aromatic carbocycles. The molecule has 1 amide bonds. The van der Waals surface area contributed by atoms with Gasteiger partial charge in [-0.25, -0.2) is 9.80 Å². The lowest BCUT2D eigenvalue weighted by Crippen LogP contribution is -2.19. The number of carbonyl (C=O) groups is 2. The summed E-state index contributed by atoms with van der Waals surface area (Å²) in [5.74, 6) is -0.740. The van der Waals surface area contributed by atoms with Gasteiger partial charge in [0.15, 0.2) is 5.69 Å². The van der Waals surface area contributed by atoms with Crippen LogP contribution >= 0.6 is 0 Å². The number of hydrazone groups is 1. The van der Waals surface area contributed by atoms with Crippen LogP contribution in [-0.2, 0) is 9.53 Å². The van der Waals surface area contributed by atoms with Gasteiger partial charge in [0, 0.05) is 17.6 Å². The first-order valence-corrected chi connectivity index (χ1v) is 7.43. The number of anilines is 2. The van der Waals surface area contributed by atoms with Crippen molar-refractivity contribution in [3.63, 3.8) is 0 Å². The minimum atomic E-state index is -0.641.